The van der Waals surface area contributed by atoms with Crippen LogP contribution in [0, 0.1) is 12.3 Å². The second kappa shape index (κ2) is 12.5. The highest BCUT2D eigenvalue weighted by Gasteiger charge is 2.17. The van der Waals surface area contributed by atoms with Crippen LogP contribution in [0.2, 0.25) is 0 Å². The first kappa shape index (κ1) is 25.6. The summed E-state index contributed by atoms with van der Waals surface area (Å²) in [7, 11) is 0. The average molecular weight is 468 g/mol. The van der Waals surface area contributed by atoms with Crippen LogP contribution < -0.4 is 16.4 Å². The third-order valence-corrected chi connectivity index (χ3v) is 6.07. The van der Waals surface area contributed by atoms with E-state index < -0.39 is 0 Å². The van der Waals surface area contributed by atoms with E-state index in [4.69, 9.17) is 15.1 Å². The van der Waals surface area contributed by atoms with E-state index in [9.17, 15) is 9.59 Å². The molecule has 3 aromatic rings. The molecule has 0 spiro atoms. The highest BCUT2D eigenvalue weighted by atomic mass is 16.5. The van der Waals surface area contributed by atoms with Crippen molar-refractivity contribution in [3.05, 3.63) is 51.4 Å². The van der Waals surface area contributed by atoms with Crippen LogP contribution in [0.15, 0.2) is 29.2 Å². The summed E-state index contributed by atoms with van der Waals surface area (Å²) in [6.07, 6.45) is 9.14. The van der Waals surface area contributed by atoms with E-state index >= 15 is 0 Å². The molecule has 3 heterocycles. The molecule has 0 atom stereocenters. The zero-order chi connectivity index (χ0) is 24.5. The van der Waals surface area contributed by atoms with Gasteiger partial charge in [-0.1, -0.05) is 45.1 Å². The minimum Gasteiger partial charge on any atom is -0.382 e. The van der Waals surface area contributed by atoms with Crippen molar-refractivity contribution >= 4 is 22.6 Å². The lowest BCUT2D eigenvalue weighted by molar-refractivity contribution is 0.0950. The van der Waals surface area contributed by atoms with Gasteiger partial charge in [0.1, 0.15) is 16.8 Å². The third kappa shape index (κ3) is 5.91. The van der Waals surface area contributed by atoms with Crippen LogP contribution >= 0.6 is 0 Å². The molecule has 0 fully saturated rings. The van der Waals surface area contributed by atoms with E-state index in [0.717, 1.165) is 24.8 Å². The first-order chi connectivity index (χ1) is 16.5. The SMILES string of the molecule is CCCCCCCCNC(=O)c1cc2c(=O)n3cccc(C)c3nc2n(CCCOCC)c1=N. The molecule has 34 heavy (non-hydrogen) atoms. The van der Waals surface area contributed by atoms with Crippen molar-refractivity contribution in [3.63, 3.8) is 0 Å². The maximum Gasteiger partial charge on any atom is 0.267 e. The van der Waals surface area contributed by atoms with Gasteiger partial charge in [0.25, 0.3) is 11.5 Å². The van der Waals surface area contributed by atoms with Gasteiger partial charge in [0, 0.05) is 32.5 Å². The molecule has 184 valence electrons. The smallest absolute Gasteiger partial charge is 0.267 e. The molecule has 0 bridgehead atoms. The monoisotopic (exact) mass is 467 g/mol. The number of hydrogen-bond donors (Lipinski definition) is 2. The summed E-state index contributed by atoms with van der Waals surface area (Å²) in [5.41, 5.74) is 1.86. The number of fused-ring (bicyclic) bond motifs is 2. The number of aromatic nitrogens is 3. The molecule has 0 aliphatic heterocycles. The zero-order valence-corrected chi connectivity index (χ0v) is 20.7. The summed E-state index contributed by atoms with van der Waals surface area (Å²) in [4.78, 5) is 31.1. The molecule has 0 radical (unpaired) electrons. The lowest BCUT2D eigenvalue weighted by Crippen LogP contribution is -2.35. The van der Waals surface area contributed by atoms with Gasteiger partial charge < -0.3 is 14.6 Å². The maximum atomic E-state index is 13.3. The van der Waals surface area contributed by atoms with E-state index in [2.05, 4.69) is 12.2 Å². The summed E-state index contributed by atoms with van der Waals surface area (Å²) in [6, 6.07) is 5.23. The molecule has 1 amide bonds. The van der Waals surface area contributed by atoms with Crippen molar-refractivity contribution in [1.29, 1.82) is 5.41 Å². The summed E-state index contributed by atoms with van der Waals surface area (Å²) in [5, 5.41) is 12.0. The van der Waals surface area contributed by atoms with Gasteiger partial charge in [-0.3, -0.25) is 19.4 Å². The Morgan fingerprint density at radius 3 is 2.65 bits per heavy atom. The molecule has 0 aliphatic carbocycles. The van der Waals surface area contributed by atoms with Crippen molar-refractivity contribution in [1.82, 2.24) is 19.3 Å². The minimum atomic E-state index is -0.326. The van der Waals surface area contributed by atoms with E-state index in [1.54, 1.807) is 16.8 Å². The number of nitrogens with one attached hydrogen (secondary N) is 2. The Kier molecular flexibility index (Phi) is 9.39. The molecule has 3 aromatic heterocycles. The Labute approximate surface area is 200 Å². The minimum absolute atomic E-state index is 0.0641. The Balaban J connectivity index is 1.95. The topological polar surface area (TPSA) is 101 Å². The van der Waals surface area contributed by atoms with Crippen molar-refractivity contribution in [3.8, 4) is 0 Å². The van der Waals surface area contributed by atoms with Gasteiger partial charge in [0.15, 0.2) is 0 Å². The number of ether oxygens (including phenoxy) is 1. The highest BCUT2D eigenvalue weighted by Crippen LogP contribution is 2.13. The Morgan fingerprint density at radius 2 is 1.88 bits per heavy atom. The summed E-state index contributed by atoms with van der Waals surface area (Å²) in [5.74, 6) is -0.326. The number of unbranched alkanes of at least 4 members (excludes halogenated alkanes) is 5. The van der Waals surface area contributed by atoms with Gasteiger partial charge in [0.05, 0.1) is 10.9 Å². The summed E-state index contributed by atoms with van der Waals surface area (Å²) in [6.45, 7) is 8.16. The molecule has 0 aliphatic rings. The molecule has 8 nitrogen and oxygen atoms in total. The van der Waals surface area contributed by atoms with Gasteiger partial charge in [-0.25, -0.2) is 4.98 Å². The van der Waals surface area contributed by atoms with Crippen molar-refractivity contribution in [2.75, 3.05) is 19.8 Å². The van der Waals surface area contributed by atoms with Crippen LogP contribution in [0.1, 0.15) is 74.7 Å². The third-order valence-electron chi connectivity index (χ3n) is 6.07. The number of aryl methyl sites for hydroxylation is 2. The lowest BCUT2D eigenvalue weighted by Gasteiger charge is -2.15. The van der Waals surface area contributed by atoms with Crippen LogP contribution in [0.5, 0.6) is 0 Å². The maximum absolute atomic E-state index is 13.3. The van der Waals surface area contributed by atoms with Crippen LogP contribution in [0.4, 0.5) is 0 Å². The average Bonchev–Trinajstić information content (AvgIpc) is 2.83. The Hall–Kier alpha value is -3.00. The van der Waals surface area contributed by atoms with E-state index in [0.29, 0.717) is 49.4 Å². The number of rotatable bonds is 13. The Morgan fingerprint density at radius 1 is 1.12 bits per heavy atom. The van der Waals surface area contributed by atoms with Gasteiger partial charge in [-0.15, -0.1) is 0 Å². The molecule has 0 aromatic carbocycles. The highest BCUT2D eigenvalue weighted by molar-refractivity contribution is 5.96. The number of hydrogen-bond acceptors (Lipinski definition) is 5. The number of carbonyl (C=O) groups excluding carboxylic acids is 1. The molecule has 0 saturated heterocycles. The van der Waals surface area contributed by atoms with Gasteiger partial charge in [-0.05, 0) is 44.4 Å². The molecule has 0 unspecified atom stereocenters. The molecular weight excluding hydrogens is 430 g/mol. The van der Waals surface area contributed by atoms with Crippen LogP contribution in [0.3, 0.4) is 0 Å². The van der Waals surface area contributed by atoms with Crippen LogP contribution in [-0.4, -0.2) is 39.6 Å². The van der Waals surface area contributed by atoms with Crippen molar-refractivity contribution in [2.45, 2.75) is 72.3 Å². The second-order valence-electron chi connectivity index (χ2n) is 8.67. The molecular formula is C26H37N5O3. The van der Waals surface area contributed by atoms with E-state index in [-0.39, 0.29) is 22.5 Å². The molecule has 0 saturated carbocycles. The first-order valence-corrected chi connectivity index (χ1v) is 12.5. The first-order valence-electron chi connectivity index (χ1n) is 12.5. The van der Waals surface area contributed by atoms with Gasteiger partial charge in [0.2, 0.25) is 0 Å². The normalized spacial score (nSPS) is 11.4. The number of carbonyl (C=O) groups is 1. The van der Waals surface area contributed by atoms with Crippen molar-refractivity contribution in [2.24, 2.45) is 0 Å². The van der Waals surface area contributed by atoms with Gasteiger partial charge in [-0.2, -0.15) is 0 Å². The standard InChI is InChI=1S/C26H37N5O3/c1-4-6-7-8-9-10-14-28-25(32)20-18-21-24(30(22(20)27)16-12-17-34-5-2)29-23-19(3)13-11-15-31(23)26(21)33/h11,13,15,18,27H,4-10,12,14,16-17H2,1-3H3,(H,28,32). The molecule has 3 rings (SSSR count). The Bertz CT molecular complexity index is 1250. The fourth-order valence-corrected chi connectivity index (χ4v) is 4.16. The fraction of sp³-hybridized carbons (Fsp3) is 0.538. The van der Waals surface area contributed by atoms with Gasteiger partial charge >= 0.3 is 0 Å². The zero-order valence-electron chi connectivity index (χ0n) is 20.7. The predicted molar refractivity (Wildman–Crippen MR) is 134 cm³/mol. The quantitative estimate of drug-likeness (QED) is 0.293. The lowest BCUT2D eigenvalue weighted by atomic mass is 10.1. The summed E-state index contributed by atoms with van der Waals surface area (Å²) >= 11 is 0. The second-order valence-corrected chi connectivity index (χ2v) is 8.67. The number of nitrogens with zero attached hydrogens (tertiary/aromatic N) is 3. The van der Waals surface area contributed by atoms with Crippen LogP contribution in [-0.2, 0) is 11.3 Å². The van der Waals surface area contributed by atoms with Crippen molar-refractivity contribution < 1.29 is 9.53 Å². The largest absolute Gasteiger partial charge is 0.382 e. The fourth-order valence-electron chi connectivity index (χ4n) is 4.16. The predicted octanol–water partition coefficient (Wildman–Crippen LogP) is 3.95. The summed E-state index contributed by atoms with van der Waals surface area (Å²) < 4.78 is 8.63. The van der Waals surface area contributed by atoms with E-state index in [1.165, 1.54) is 29.7 Å². The van der Waals surface area contributed by atoms with Crippen LogP contribution in [0.25, 0.3) is 16.7 Å². The molecule has 8 heteroatoms. The van der Waals surface area contributed by atoms with E-state index in [1.807, 2.05) is 19.9 Å². The number of pyridine rings is 2. The molecule has 2 N–H and O–H groups in total. The number of amides is 1.